The van der Waals surface area contributed by atoms with Gasteiger partial charge in [-0.15, -0.1) is 0 Å². The van der Waals surface area contributed by atoms with Gasteiger partial charge in [0, 0.05) is 6.54 Å². The zero-order valence-electron chi connectivity index (χ0n) is 12.8. The summed E-state index contributed by atoms with van der Waals surface area (Å²) in [5.41, 5.74) is 3.10. The molecule has 0 radical (unpaired) electrons. The smallest absolute Gasteiger partial charge is 0.144 e. The molecule has 0 spiro atoms. The standard InChI is InChI=1S/C20H14F2N2/c21-15-11-9-14(10-12-15)13-24-19-8-4-3-7-18(19)23-20(24)16-5-1-2-6-17(16)22/h1-12H,13H2. The van der Waals surface area contributed by atoms with Crippen molar-refractivity contribution in [2.75, 3.05) is 0 Å². The Labute approximate surface area is 138 Å². The van der Waals surface area contributed by atoms with Gasteiger partial charge in [0.05, 0.1) is 16.6 Å². The van der Waals surface area contributed by atoms with Crippen molar-refractivity contribution in [2.45, 2.75) is 6.54 Å². The lowest BCUT2D eigenvalue weighted by atomic mass is 10.2. The maximum Gasteiger partial charge on any atom is 0.144 e. The fraction of sp³-hybridized carbons (Fsp3) is 0.0500. The summed E-state index contributed by atoms with van der Waals surface area (Å²) >= 11 is 0. The van der Waals surface area contributed by atoms with Crippen molar-refractivity contribution >= 4 is 11.0 Å². The maximum absolute atomic E-state index is 14.3. The Kier molecular flexibility index (Phi) is 3.58. The third-order valence-corrected chi connectivity index (χ3v) is 4.02. The molecule has 24 heavy (non-hydrogen) atoms. The zero-order chi connectivity index (χ0) is 16.5. The highest BCUT2D eigenvalue weighted by atomic mass is 19.1. The second kappa shape index (κ2) is 5.89. The Morgan fingerprint density at radius 1 is 0.792 bits per heavy atom. The quantitative estimate of drug-likeness (QED) is 0.518. The van der Waals surface area contributed by atoms with E-state index in [2.05, 4.69) is 4.98 Å². The molecular weight excluding hydrogens is 306 g/mol. The van der Waals surface area contributed by atoms with Crippen molar-refractivity contribution in [1.82, 2.24) is 9.55 Å². The average molecular weight is 320 g/mol. The molecule has 0 aliphatic carbocycles. The zero-order valence-corrected chi connectivity index (χ0v) is 12.8. The highest BCUT2D eigenvalue weighted by molar-refractivity contribution is 5.80. The molecule has 0 atom stereocenters. The second-order valence-electron chi connectivity index (χ2n) is 5.62. The van der Waals surface area contributed by atoms with Crippen LogP contribution in [-0.4, -0.2) is 9.55 Å². The van der Waals surface area contributed by atoms with Crippen LogP contribution in [0.5, 0.6) is 0 Å². The van der Waals surface area contributed by atoms with Gasteiger partial charge < -0.3 is 4.57 Å². The minimum Gasteiger partial charge on any atom is -0.319 e. The van der Waals surface area contributed by atoms with E-state index in [1.165, 1.54) is 18.2 Å². The van der Waals surface area contributed by atoms with Gasteiger partial charge in [0.25, 0.3) is 0 Å². The van der Waals surface area contributed by atoms with E-state index in [1.807, 2.05) is 28.8 Å². The number of nitrogens with zero attached hydrogens (tertiary/aromatic N) is 2. The van der Waals surface area contributed by atoms with Crippen molar-refractivity contribution in [3.8, 4) is 11.4 Å². The fourth-order valence-electron chi connectivity index (χ4n) is 2.86. The topological polar surface area (TPSA) is 17.8 Å². The molecule has 0 N–H and O–H groups in total. The number of fused-ring (bicyclic) bond motifs is 1. The molecule has 4 aromatic rings. The molecule has 118 valence electrons. The minimum absolute atomic E-state index is 0.274. The molecule has 0 unspecified atom stereocenters. The monoisotopic (exact) mass is 320 g/mol. The molecule has 1 aromatic heterocycles. The van der Waals surface area contributed by atoms with Crippen LogP contribution >= 0.6 is 0 Å². The average Bonchev–Trinajstić information content (AvgIpc) is 2.96. The van der Waals surface area contributed by atoms with E-state index < -0.39 is 0 Å². The molecule has 0 aliphatic heterocycles. The van der Waals surface area contributed by atoms with Crippen LogP contribution < -0.4 is 0 Å². The molecule has 0 saturated heterocycles. The number of imidazole rings is 1. The number of hydrogen-bond acceptors (Lipinski definition) is 1. The number of aromatic nitrogens is 2. The molecule has 4 rings (SSSR count). The fourth-order valence-corrected chi connectivity index (χ4v) is 2.86. The highest BCUT2D eigenvalue weighted by Crippen LogP contribution is 2.27. The van der Waals surface area contributed by atoms with Crippen molar-refractivity contribution in [1.29, 1.82) is 0 Å². The summed E-state index contributed by atoms with van der Waals surface area (Å²) in [6.45, 7) is 0.491. The number of hydrogen-bond donors (Lipinski definition) is 0. The maximum atomic E-state index is 14.3. The van der Waals surface area contributed by atoms with Gasteiger partial charge in [-0.1, -0.05) is 36.4 Å². The van der Waals surface area contributed by atoms with E-state index in [0.29, 0.717) is 17.9 Å². The van der Waals surface area contributed by atoms with E-state index in [-0.39, 0.29) is 11.6 Å². The minimum atomic E-state index is -0.312. The predicted molar refractivity (Wildman–Crippen MR) is 90.6 cm³/mol. The number of para-hydroxylation sites is 2. The first-order valence-electron chi connectivity index (χ1n) is 7.67. The lowest BCUT2D eigenvalue weighted by molar-refractivity contribution is 0.626. The first kappa shape index (κ1) is 14.6. The molecule has 3 aromatic carbocycles. The number of benzene rings is 3. The molecule has 0 fully saturated rings. The Hall–Kier alpha value is -3.01. The number of halogens is 2. The molecule has 4 heteroatoms. The lowest BCUT2D eigenvalue weighted by Crippen LogP contribution is -2.03. The van der Waals surface area contributed by atoms with Crippen molar-refractivity contribution < 1.29 is 8.78 Å². The Morgan fingerprint density at radius 2 is 1.50 bits per heavy atom. The third-order valence-electron chi connectivity index (χ3n) is 4.02. The van der Waals surface area contributed by atoms with Gasteiger partial charge in [-0.25, -0.2) is 13.8 Å². The van der Waals surface area contributed by atoms with E-state index in [9.17, 15) is 8.78 Å². The second-order valence-corrected chi connectivity index (χ2v) is 5.62. The SMILES string of the molecule is Fc1ccc(Cn2c(-c3ccccc3F)nc3ccccc32)cc1. The van der Waals surface area contributed by atoms with E-state index >= 15 is 0 Å². The van der Waals surface area contributed by atoms with Gasteiger partial charge in [0.15, 0.2) is 0 Å². The van der Waals surface area contributed by atoms with Gasteiger partial charge in [-0.3, -0.25) is 0 Å². The Morgan fingerprint density at radius 3 is 2.29 bits per heavy atom. The normalized spacial score (nSPS) is 11.1. The van der Waals surface area contributed by atoms with Crippen LogP contribution in [0.3, 0.4) is 0 Å². The summed E-state index contributed by atoms with van der Waals surface area (Å²) in [7, 11) is 0. The molecule has 0 amide bonds. The van der Waals surface area contributed by atoms with Crippen LogP contribution in [0.25, 0.3) is 22.4 Å². The van der Waals surface area contributed by atoms with Crippen LogP contribution in [0.4, 0.5) is 8.78 Å². The van der Waals surface area contributed by atoms with Crippen LogP contribution in [-0.2, 0) is 6.54 Å². The molecule has 2 nitrogen and oxygen atoms in total. The van der Waals surface area contributed by atoms with E-state index in [4.69, 9.17) is 0 Å². The molecule has 0 aliphatic rings. The lowest BCUT2D eigenvalue weighted by Gasteiger charge is -2.10. The van der Waals surface area contributed by atoms with Crippen molar-refractivity contribution in [3.63, 3.8) is 0 Å². The van der Waals surface area contributed by atoms with Crippen LogP contribution in [0.15, 0.2) is 72.8 Å². The summed E-state index contributed by atoms with van der Waals surface area (Å²) in [6, 6.07) is 20.6. The largest absolute Gasteiger partial charge is 0.319 e. The summed E-state index contributed by atoms with van der Waals surface area (Å²) in [4.78, 5) is 4.61. The molecule has 0 bridgehead atoms. The van der Waals surface area contributed by atoms with Gasteiger partial charge in [-0.2, -0.15) is 0 Å². The Bertz CT molecular complexity index is 1000. The van der Waals surface area contributed by atoms with E-state index in [1.54, 1.807) is 30.3 Å². The van der Waals surface area contributed by atoms with Crippen molar-refractivity contribution in [3.05, 3.63) is 90.0 Å². The van der Waals surface area contributed by atoms with Crippen LogP contribution in [0.2, 0.25) is 0 Å². The van der Waals surface area contributed by atoms with Crippen molar-refractivity contribution in [2.24, 2.45) is 0 Å². The summed E-state index contributed by atoms with van der Waals surface area (Å²) in [5, 5.41) is 0. The van der Waals surface area contributed by atoms with E-state index in [0.717, 1.165) is 16.6 Å². The Balaban J connectivity index is 1.90. The predicted octanol–water partition coefficient (Wildman–Crippen LogP) is 5.03. The van der Waals surface area contributed by atoms with Crippen LogP contribution in [0, 0.1) is 11.6 Å². The van der Waals surface area contributed by atoms with Crippen LogP contribution in [0.1, 0.15) is 5.56 Å². The van der Waals surface area contributed by atoms with Gasteiger partial charge in [0.2, 0.25) is 0 Å². The molecular formula is C20H14F2N2. The molecule has 1 heterocycles. The van der Waals surface area contributed by atoms with Gasteiger partial charge >= 0.3 is 0 Å². The number of rotatable bonds is 3. The third kappa shape index (κ3) is 2.56. The van der Waals surface area contributed by atoms with Gasteiger partial charge in [0.1, 0.15) is 17.5 Å². The summed E-state index contributed by atoms with van der Waals surface area (Å²) in [6.07, 6.45) is 0. The first-order chi connectivity index (χ1) is 11.7. The highest BCUT2D eigenvalue weighted by Gasteiger charge is 2.15. The first-order valence-corrected chi connectivity index (χ1v) is 7.67. The molecule has 0 saturated carbocycles. The van der Waals surface area contributed by atoms with Gasteiger partial charge in [-0.05, 0) is 42.0 Å². The summed E-state index contributed by atoms with van der Waals surface area (Å²) in [5.74, 6) is -0.0182. The summed E-state index contributed by atoms with van der Waals surface area (Å²) < 4.78 is 29.4.